The van der Waals surface area contributed by atoms with Crippen LogP contribution in [-0.2, 0) is 19.2 Å². The third kappa shape index (κ3) is 2.33. The summed E-state index contributed by atoms with van der Waals surface area (Å²) in [5.41, 5.74) is 0. The highest BCUT2D eigenvalue weighted by Gasteiger charge is 2.57. The highest BCUT2D eigenvalue weighted by molar-refractivity contribution is 8.02. The second-order valence-electron chi connectivity index (χ2n) is 3.38. The van der Waals surface area contributed by atoms with Crippen molar-refractivity contribution in [1.29, 1.82) is 0 Å². The molecule has 1 aliphatic rings. The van der Waals surface area contributed by atoms with Gasteiger partial charge in [-0.2, -0.15) is 0 Å². The summed E-state index contributed by atoms with van der Waals surface area (Å²) in [6.07, 6.45) is 0. The Kier molecular flexibility index (Phi) is 3.61. The second kappa shape index (κ2) is 4.62. The van der Waals surface area contributed by atoms with Crippen molar-refractivity contribution in [2.45, 2.75) is 10.5 Å². The van der Waals surface area contributed by atoms with Gasteiger partial charge < -0.3 is 20.4 Å². The topological polar surface area (TPSA) is 149 Å². The molecule has 1 rings (SSSR count). The van der Waals surface area contributed by atoms with Crippen molar-refractivity contribution in [3.05, 3.63) is 0 Å². The number of aliphatic carboxylic acids is 4. The predicted octanol–water partition coefficient (Wildman–Crippen LogP) is -0.959. The Hall–Kier alpha value is -1.77. The molecule has 0 aromatic heterocycles. The molecule has 94 valence electrons. The number of hydrogen-bond acceptors (Lipinski definition) is 5. The van der Waals surface area contributed by atoms with Crippen molar-refractivity contribution in [2.75, 3.05) is 0 Å². The van der Waals surface area contributed by atoms with Crippen LogP contribution in [0, 0.1) is 11.8 Å². The minimum atomic E-state index is -1.75. The van der Waals surface area contributed by atoms with Crippen molar-refractivity contribution in [3.8, 4) is 0 Å². The monoisotopic (exact) mass is 264 g/mol. The first kappa shape index (κ1) is 13.3. The Balaban J connectivity index is 3.17. The molecule has 0 bridgehead atoms. The van der Waals surface area contributed by atoms with Crippen LogP contribution in [0.5, 0.6) is 0 Å². The molecule has 17 heavy (non-hydrogen) atoms. The minimum Gasteiger partial charge on any atom is -0.481 e. The molecule has 4 N–H and O–H groups in total. The van der Waals surface area contributed by atoms with Gasteiger partial charge in [-0.1, -0.05) is 0 Å². The van der Waals surface area contributed by atoms with Crippen molar-refractivity contribution < 1.29 is 39.6 Å². The molecular weight excluding hydrogens is 256 g/mol. The number of thioether (sulfide) groups is 1. The first-order chi connectivity index (χ1) is 7.77. The summed E-state index contributed by atoms with van der Waals surface area (Å²) in [4.78, 5) is 43.3. The van der Waals surface area contributed by atoms with Gasteiger partial charge in [-0.25, -0.2) is 0 Å². The van der Waals surface area contributed by atoms with Crippen LogP contribution in [0.4, 0.5) is 0 Å². The van der Waals surface area contributed by atoms with Crippen molar-refractivity contribution in [2.24, 2.45) is 11.8 Å². The van der Waals surface area contributed by atoms with E-state index >= 15 is 0 Å². The van der Waals surface area contributed by atoms with Gasteiger partial charge in [-0.15, -0.1) is 11.8 Å². The van der Waals surface area contributed by atoms with Crippen LogP contribution < -0.4 is 0 Å². The summed E-state index contributed by atoms with van der Waals surface area (Å²) < 4.78 is 0. The minimum absolute atomic E-state index is 0.339. The summed E-state index contributed by atoms with van der Waals surface area (Å²) in [6.45, 7) is 0. The fourth-order valence-electron chi connectivity index (χ4n) is 1.69. The Bertz CT molecular complexity index is 355. The molecule has 1 saturated heterocycles. The molecule has 9 heteroatoms. The Morgan fingerprint density at radius 2 is 0.941 bits per heavy atom. The van der Waals surface area contributed by atoms with E-state index in [1.807, 2.05) is 0 Å². The third-order valence-electron chi connectivity index (χ3n) is 2.39. The highest BCUT2D eigenvalue weighted by Crippen LogP contribution is 2.43. The van der Waals surface area contributed by atoms with Gasteiger partial charge in [0.1, 0.15) is 10.5 Å². The van der Waals surface area contributed by atoms with E-state index in [2.05, 4.69) is 0 Å². The molecule has 0 radical (unpaired) electrons. The quantitative estimate of drug-likeness (QED) is 0.503. The van der Waals surface area contributed by atoms with E-state index in [9.17, 15) is 19.2 Å². The van der Waals surface area contributed by atoms with Gasteiger partial charge in [0, 0.05) is 0 Å². The molecular formula is C8H8O8S. The maximum absolute atomic E-state index is 10.9. The zero-order valence-electron chi connectivity index (χ0n) is 8.14. The molecule has 1 aliphatic heterocycles. The van der Waals surface area contributed by atoms with E-state index in [1.54, 1.807) is 0 Å². The van der Waals surface area contributed by atoms with E-state index in [1.165, 1.54) is 0 Å². The van der Waals surface area contributed by atoms with Gasteiger partial charge in [0.15, 0.2) is 0 Å². The van der Waals surface area contributed by atoms with Gasteiger partial charge in [-0.3, -0.25) is 19.2 Å². The van der Waals surface area contributed by atoms with Crippen molar-refractivity contribution in [3.63, 3.8) is 0 Å². The van der Waals surface area contributed by atoms with E-state index in [-0.39, 0.29) is 0 Å². The zero-order chi connectivity index (χ0) is 13.3. The second-order valence-corrected chi connectivity index (χ2v) is 4.67. The lowest BCUT2D eigenvalue weighted by atomic mass is 9.87. The third-order valence-corrected chi connectivity index (χ3v) is 3.97. The van der Waals surface area contributed by atoms with Crippen LogP contribution in [0.15, 0.2) is 0 Å². The van der Waals surface area contributed by atoms with Crippen LogP contribution in [0.25, 0.3) is 0 Å². The highest BCUT2D eigenvalue weighted by atomic mass is 32.2. The Morgan fingerprint density at radius 1 is 0.647 bits per heavy atom. The van der Waals surface area contributed by atoms with E-state index < -0.39 is 46.2 Å². The first-order valence-electron chi connectivity index (χ1n) is 4.34. The fraction of sp³-hybridized carbons (Fsp3) is 0.500. The standard InChI is InChI=1S/C8H8O8S/c9-5(10)1-2(6(11)12)4(8(15)16)17-3(1)7(13)14/h1-4H,(H,9,10)(H,11,12)(H,13,14)(H,15,16). The van der Waals surface area contributed by atoms with E-state index in [0.717, 1.165) is 0 Å². The molecule has 4 unspecified atom stereocenters. The molecule has 4 atom stereocenters. The number of rotatable bonds is 4. The zero-order valence-corrected chi connectivity index (χ0v) is 8.96. The number of carbonyl (C=O) groups is 4. The number of hydrogen-bond donors (Lipinski definition) is 4. The molecule has 0 spiro atoms. The molecule has 1 fully saturated rings. The van der Waals surface area contributed by atoms with Crippen molar-refractivity contribution in [1.82, 2.24) is 0 Å². The van der Waals surface area contributed by atoms with Gasteiger partial charge in [0.05, 0.1) is 11.8 Å². The summed E-state index contributed by atoms with van der Waals surface area (Å²) in [7, 11) is 0. The molecule has 8 nitrogen and oxygen atoms in total. The smallest absolute Gasteiger partial charge is 0.317 e. The van der Waals surface area contributed by atoms with Crippen LogP contribution in [0.2, 0.25) is 0 Å². The lowest BCUT2D eigenvalue weighted by Gasteiger charge is -2.14. The Labute approximate surface area is 98.2 Å². The fourth-order valence-corrected chi connectivity index (χ4v) is 3.15. The van der Waals surface area contributed by atoms with E-state index in [0.29, 0.717) is 11.8 Å². The largest absolute Gasteiger partial charge is 0.481 e. The SMILES string of the molecule is O=C(O)C1SC(C(=O)O)C(C(=O)O)C1C(=O)O. The van der Waals surface area contributed by atoms with Gasteiger partial charge in [0.2, 0.25) is 0 Å². The lowest BCUT2D eigenvalue weighted by Crippen LogP contribution is -2.39. The Morgan fingerprint density at radius 3 is 1.12 bits per heavy atom. The van der Waals surface area contributed by atoms with Crippen molar-refractivity contribution >= 4 is 35.6 Å². The molecule has 0 aromatic carbocycles. The van der Waals surface area contributed by atoms with Crippen LogP contribution in [-0.4, -0.2) is 54.8 Å². The molecule has 0 amide bonds. The molecule has 0 aromatic rings. The summed E-state index contributed by atoms with van der Waals surface area (Å²) in [6, 6.07) is 0. The summed E-state index contributed by atoms with van der Waals surface area (Å²) in [5, 5.41) is 32.0. The van der Waals surface area contributed by atoms with Crippen LogP contribution >= 0.6 is 11.8 Å². The maximum Gasteiger partial charge on any atom is 0.317 e. The maximum atomic E-state index is 10.9. The first-order valence-corrected chi connectivity index (χ1v) is 5.28. The van der Waals surface area contributed by atoms with Crippen LogP contribution in [0.1, 0.15) is 0 Å². The number of carboxylic acids is 4. The average molecular weight is 264 g/mol. The van der Waals surface area contributed by atoms with Gasteiger partial charge >= 0.3 is 23.9 Å². The lowest BCUT2D eigenvalue weighted by molar-refractivity contribution is -0.157. The van der Waals surface area contributed by atoms with Gasteiger partial charge in [-0.05, 0) is 0 Å². The average Bonchev–Trinajstić information content (AvgIpc) is 2.56. The number of carboxylic acid groups (broad SMARTS) is 4. The molecule has 0 saturated carbocycles. The van der Waals surface area contributed by atoms with Crippen LogP contribution in [0.3, 0.4) is 0 Å². The normalized spacial score (nSPS) is 32.0. The molecule has 1 heterocycles. The predicted molar refractivity (Wildman–Crippen MR) is 52.7 cm³/mol. The molecule has 0 aliphatic carbocycles. The summed E-state index contributed by atoms with van der Waals surface area (Å²) in [5.74, 6) is -9.82. The van der Waals surface area contributed by atoms with E-state index in [4.69, 9.17) is 20.4 Å². The van der Waals surface area contributed by atoms with Gasteiger partial charge in [0.25, 0.3) is 0 Å². The summed E-state index contributed by atoms with van der Waals surface area (Å²) >= 11 is 0.339.